The first-order valence-electron chi connectivity index (χ1n) is 7.10. The van der Waals surface area contributed by atoms with Crippen LogP contribution >= 0.6 is 0 Å². The second-order valence-corrected chi connectivity index (χ2v) is 4.62. The Morgan fingerprint density at radius 1 is 1.05 bits per heavy atom. The third kappa shape index (κ3) is 5.73. The molecule has 110 valence electrons. The van der Waals surface area contributed by atoms with Crippen molar-refractivity contribution in [2.45, 2.75) is 33.2 Å². The summed E-state index contributed by atoms with van der Waals surface area (Å²) in [5, 5.41) is 0. The lowest BCUT2D eigenvalue weighted by molar-refractivity contribution is 0.413. The first-order valence-corrected chi connectivity index (χ1v) is 7.10. The molecule has 0 amide bonds. The van der Waals surface area contributed by atoms with E-state index in [9.17, 15) is 0 Å². The van der Waals surface area contributed by atoms with Crippen molar-refractivity contribution in [3.05, 3.63) is 35.9 Å². The van der Waals surface area contributed by atoms with Crippen LogP contribution in [0.3, 0.4) is 0 Å². The van der Waals surface area contributed by atoms with Crippen LogP contribution in [-0.4, -0.2) is 29.9 Å². The van der Waals surface area contributed by atoms with Gasteiger partial charge >= 0.3 is 0 Å². The van der Waals surface area contributed by atoms with Crippen molar-refractivity contribution < 1.29 is 0 Å². The average molecular weight is 275 g/mol. The Labute approximate surface area is 121 Å². The number of rotatable bonds is 6. The molecule has 20 heavy (non-hydrogen) atoms. The number of hydrogen-bond acceptors (Lipinski definition) is 1. The van der Waals surface area contributed by atoms with Crippen molar-refractivity contribution in [3.8, 4) is 0 Å². The van der Waals surface area contributed by atoms with E-state index in [0.29, 0.717) is 12.5 Å². The predicted molar refractivity (Wildman–Crippen MR) is 85.5 cm³/mol. The van der Waals surface area contributed by atoms with Gasteiger partial charge in [-0.1, -0.05) is 44.2 Å². The fraction of sp³-hybridized carbons (Fsp3) is 0.467. The van der Waals surface area contributed by atoms with Gasteiger partial charge in [0.25, 0.3) is 0 Å². The molecule has 5 nitrogen and oxygen atoms in total. The Bertz CT molecular complexity index is 433. The highest BCUT2D eigenvalue weighted by molar-refractivity contribution is 5.93. The number of benzene rings is 1. The van der Waals surface area contributed by atoms with Crippen LogP contribution in [0, 0.1) is 0 Å². The molecular formula is C15H25N5. The van der Waals surface area contributed by atoms with Gasteiger partial charge < -0.3 is 16.4 Å². The SMILES string of the molecule is CCCN(CCC)C(N)=NC(N)=NCc1ccccc1. The van der Waals surface area contributed by atoms with Crippen molar-refractivity contribution in [2.75, 3.05) is 13.1 Å². The van der Waals surface area contributed by atoms with Gasteiger partial charge in [0.15, 0.2) is 5.96 Å². The van der Waals surface area contributed by atoms with Gasteiger partial charge in [-0.25, -0.2) is 4.99 Å². The van der Waals surface area contributed by atoms with Crippen molar-refractivity contribution in [1.29, 1.82) is 0 Å². The van der Waals surface area contributed by atoms with Crippen molar-refractivity contribution >= 4 is 11.9 Å². The van der Waals surface area contributed by atoms with Crippen molar-refractivity contribution in [3.63, 3.8) is 0 Å². The van der Waals surface area contributed by atoms with Gasteiger partial charge in [0, 0.05) is 13.1 Å². The molecule has 0 aromatic heterocycles. The van der Waals surface area contributed by atoms with E-state index in [1.54, 1.807) is 0 Å². The first-order chi connectivity index (χ1) is 9.67. The van der Waals surface area contributed by atoms with Crippen LogP contribution in [0.5, 0.6) is 0 Å². The van der Waals surface area contributed by atoms with E-state index >= 15 is 0 Å². The zero-order valence-corrected chi connectivity index (χ0v) is 12.4. The fourth-order valence-corrected chi connectivity index (χ4v) is 1.86. The molecule has 1 aromatic carbocycles. The molecule has 4 N–H and O–H groups in total. The molecule has 0 radical (unpaired) electrons. The Kier molecular flexibility index (Phi) is 7.17. The lowest BCUT2D eigenvalue weighted by Gasteiger charge is -2.21. The number of guanidine groups is 2. The number of hydrogen-bond donors (Lipinski definition) is 2. The van der Waals surface area contributed by atoms with Crippen LogP contribution in [0.15, 0.2) is 40.3 Å². The topological polar surface area (TPSA) is 80.0 Å². The normalized spacial score (nSPS) is 12.5. The van der Waals surface area contributed by atoms with Gasteiger partial charge in [-0.15, -0.1) is 0 Å². The summed E-state index contributed by atoms with van der Waals surface area (Å²) in [6, 6.07) is 9.93. The summed E-state index contributed by atoms with van der Waals surface area (Å²) in [6.07, 6.45) is 2.05. The third-order valence-electron chi connectivity index (χ3n) is 2.81. The smallest absolute Gasteiger partial charge is 0.218 e. The molecule has 0 saturated heterocycles. The van der Waals surface area contributed by atoms with E-state index < -0.39 is 0 Å². The van der Waals surface area contributed by atoms with Crippen LogP contribution in [0.4, 0.5) is 0 Å². The summed E-state index contributed by atoms with van der Waals surface area (Å²) in [4.78, 5) is 10.4. The van der Waals surface area contributed by atoms with Crippen molar-refractivity contribution in [2.24, 2.45) is 21.5 Å². The minimum Gasteiger partial charge on any atom is -0.369 e. The molecular weight excluding hydrogens is 250 g/mol. The maximum Gasteiger partial charge on any atom is 0.218 e. The number of aliphatic imine (C=N–C) groups is 2. The predicted octanol–water partition coefficient (Wildman–Crippen LogP) is 1.94. The van der Waals surface area contributed by atoms with E-state index in [-0.39, 0.29) is 5.96 Å². The highest BCUT2D eigenvalue weighted by Gasteiger charge is 2.05. The zero-order chi connectivity index (χ0) is 14.8. The lowest BCUT2D eigenvalue weighted by Crippen LogP contribution is -2.39. The molecule has 0 unspecified atom stereocenters. The minimum absolute atomic E-state index is 0.226. The van der Waals surface area contributed by atoms with Crippen LogP contribution in [-0.2, 0) is 6.54 Å². The minimum atomic E-state index is 0.226. The molecule has 0 saturated carbocycles. The third-order valence-corrected chi connectivity index (χ3v) is 2.81. The summed E-state index contributed by atoms with van der Waals surface area (Å²) in [5.41, 5.74) is 12.9. The second-order valence-electron chi connectivity index (χ2n) is 4.62. The standard InChI is InChI=1S/C15H25N5/c1-3-10-20(11-4-2)15(17)19-14(16)18-12-13-8-6-5-7-9-13/h5-9H,3-4,10-12H2,1-2H3,(H4,16,17,18,19). The van der Waals surface area contributed by atoms with Crippen molar-refractivity contribution in [1.82, 2.24) is 4.90 Å². The largest absolute Gasteiger partial charge is 0.369 e. The maximum atomic E-state index is 5.98. The molecule has 5 heteroatoms. The van der Waals surface area contributed by atoms with E-state index in [2.05, 4.69) is 23.8 Å². The summed E-state index contributed by atoms with van der Waals surface area (Å²) in [7, 11) is 0. The van der Waals surface area contributed by atoms with Gasteiger partial charge in [-0.05, 0) is 18.4 Å². The van der Waals surface area contributed by atoms with E-state index in [0.717, 1.165) is 31.5 Å². The second kappa shape index (κ2) is 8.96. The molecule has 0 spiro atoms. The van der Waals surface area contributed by atoms with Crippen LogP contribution < -0.4 is 11.5 Å². The van der Waals surface area contributed by atoms with Gasteiger partial charge in [0.05, 0.1) is 6.54 Å². The highest BCUT2D eigenvalue weighted by Crippen LogP contribution is 2.00. The summed E-state index contributed by atoms with van der Waals surface area (Å²) < 4.78 is 0. The molecule has 1 aromatic rings. The summed E-state index contributed by atoms with van der Waals surface area (Å²) >= 11 is 0. The zero-order valence-electron chi connectivity index (χ0n) is 12.4. The number of nitrogens with two attached hydrogens (primary N) is 2. The van der Waals surface area contributed by atoms with E-state index in [4.69, 9.17) is 11.5 Å². The highest BCUT2D eigenvalue weighted by atomic mass is 15.3. The Morgan fingerprint density at radius 2 is 1.65 bits per heavy atom. The quantitative estimate of drug-likeness (QED) is 0.615. The molecule has 0 aliphatic rings. The molecule has 0 atom stereocenters. The Hall–Kier alpha value is -2.04. The molecule has 0 aliphatic carbocycles. The molecule has 0 bridgehead atoms. The first kappa shape index (κ1) is 16.0. The van der Waals surface area contributed by atoms with E-state index in [1.807, 2.05) is 35.2 Å². The molecule has 1 rings (SSSR count). The monoisotopic (exact) mass is 275 g/mol. The van der Waals surface area contributed by atoms with Gasteiger partial charge in [-0.2, -0.15) is 4.99 Å². The maximum absolute atomic E-state index is 5.98. The average Bonchev–Trinajstić information content (AvgIpc) is 2.46. The van der Waals surface area contributed by atoms with E-state index in [1.165, 1.54) is 0 Å². The Morgan fingerprint density at radius 3 is 2.20 bits per heavy atom. The Balaban J connectivity index is 2.65. The van der Waals surface area contributed by atoms with Gasteiger partial charge in [0.1, 0.15) is 0 Å². The van der Waals surface area contributed by atoms with Crippen LogP contribution in [0.1, 0.15) is 32.3 Å². The molecule has 0 aliphatic heterocycles. The fourth-order valence-electron chi connectivity index (χ4n) is 1.86. The molecule has 0 fully saturated rings. The van der Waals surface area contributed by atoms with Gasteiger partial charge in [0.2, 0.25) is 5.96 Å². The summed E-state index contributed by atoms with van der Waals surface area (Å²) in [5.74, 6) is 0.673. The van der Waals surface area contributed by atoms with Gasteiger partial charge in [-0.3, -0.25) is 0 Å². The lowest BCUT2D eigenvalue weighted by atomic mass is 10.2. The summed E-state index contributed by atoms with van der Waals surface area (Å²) in [6.45, 7) is 6.51. The number of nitrogens with zero attached hydrogens (tertiary/aromatic N) is 3. The molecule has 0 heterocycles. The van der Waals surface area contributed by atoms with Crippen LogP contribution in [0.25, 0.3) is 0 Å². The van der Waals surface area contributed by atoms with Crippen LogP contribution in [0.2, 0.25) is 0 Å².